The van der Waals surface area contributed by atoms with Crippen LogP contribution in [0.4, 0.5) is 0 Å². The summed E-state index contributed by atoms with van der Waals surface area (Å²) in [6.45, 7) is 0. The van der Waals surface area contributed by atoms with Gasteiger partial charge in [-0.05, 0) is 36.4 Å². The molecule has 3 aromatic rings. The van der Waals surface area contributed by atoms with Crippen LogP contribution >= 0.6 is 23.2 Å². The van der Waals surface area contributed by atoms with Crippen molar-refractivity contribution in [2.75, 3.05) is 0 Å². The SMILES string of the molecule is O=C(O)Cc1c(C(=O)c2ccc(Cl)cc2)[nH]c2cc(Cl)ccc12. The topological polar surface area (TPSA) is 70.2 Å². The lowest BCUT2D eigenvalue weighted by Crippen LogP contribution is -2.08. The van der Waals surface area contributed by atoms with E-state index in [1.54, 1.807) is 42.5 Å². The largest absolute Gasteiger partial charge is 0.481 e. The molecule has 4 nitrogen and oxygen atoms in total. The summed E-state index contributed by atoms with van der Waals surface area (Å²) in [6.07, 6.45) is -0.254. The highest BCUT2D eigenvalue weighted by Gasteiger charge is 2.21. The molecule has 0 aliphatic carbocycles. The van der Waals surface area contributed by atoms with E-state index >= 15 is 0 Å². The maximum absolute atomic E-state index is 12.7. The molecule has 0 spiro atoms. The zero-order chi connectivity index (χ0) is 16.6. The lowest BCUT2D eigenvalue weighted by atomic mass is 10.0. The fourth-order valence-corrected chi connectivity index (χ4v) is 2.80. The molecule has 0 saturated carbocycles. The first kappa shape index (κ1) is 15.6. The number of carboxylic acids is 1. The molecule has 0 saturated heterocycles. The molecular formula is C17H11Cl2NO3. The average Bonchev–Trinajstić information content (AvgIpc) is 2.84. The minimum absolute atomic E-state index is 0.254. The number of carbonyl (C=O) groups excluding carboxylic acids is 1. The third-order valence-corrected chi connectivity index (χ3v) is 4.02. The summed E-state index contributed by atoms with van der Waals surface area (Å²) in [7, 11) is 0. The minimum atomic E-state index is -1.01. The summed E-state index contributed by atoms with van der Waals surface area (Å²) >= 11 is 11.8. The van der Waals surface area contributed by atoms with Crippen LogP contribution in [0.3, 0.4) is 0 Å². The van der Waals surface area contributed by atoms with Crippen LogP contribution in [0.15, 0.2) is 42.5 Å². The number of ketones is 1. The van der Waals surface area contributed by atoms with Gasteiger partial charge in [0.1, 0.15) is 0 Å². The highest BCUT2D eigenvalue weighted by molar-refractivity contribution is 6.31. The number of hydrogen-bond acceptors (Lipinski definition) is 2. The van der Waals surface area contributed by atoms with Gasteiger partial charge in [0.15, 0.2) is 0 Å². The highest BCUT2D eigenvalue weighted by atomic mass is 35.5. The van der Waals surface area contributed by atoms with Crippen LogP contribution in [-0.4, -0.2) is 21.8 Å². The molecule has 0 unspecified atom stereocenters. The Morgan fingerprint density at radius 1 is 1.00 bits per heavy atom. The van der Waals surface area contributed by atoms with Gasteiger partial charge in [0, 0.05) is 32.1 Å². The smallest absolute Gasteiger partial charge is 0.307 e. The maximum atomic E-state index is 12.7. The third-order valence-electron chi connectivity index (χ3n) is 3.53. The van der Waals surface area contributed by atoms with Crippen molar-refractivity contribution >= 4 is 45.9 Å². The third kappa shape index (κ3) is 3.09. The van der Waals surface area contributed by atoms with Crippen molar-refractivity contribution in [3.05, 3.63) is 69.3 Å². The highest BCUT2D eigenvalue weighted by Crippen LogP contribution is 2.27. The molecule has 0 atom stereocenters. The van der Waals surface area contributed by atoms with Gasteiger partial charge in [0.2, 0.25) is 5.78 Å². The molecule has 0 aliphatic heterocycles. The zero-order valence-corrected chi connectivity index (χ0v) is 13.3. The molecule has 2 N–H and O–H groups in total. The zero-order valence-electron chi connectivity index (χ0n) is 11.8. The van der Waals surface area contributed by atoms with E-state index in [1.165, 1.54) is 0 Å². The van der Waals surface area contributed by atoms with Gasteiger partial charge in [-0.1, -0.05) is 29.3 Å². The molecular weight excluding hydrogens is 337 g/mol. The molecule has 1 aromatic heterocycles. The molecule has 1 heterocycles. The number of halogens is 2. The van der Waals surface area contributed by atoms with Crippen molar-refractivity contribution in [3.8, 4) is 0 Å². The predicted octanol–water partition coefficient (Wildman–Crippen LogP) is 4.33. The Balaban J connectivity index is 2.16. The first-order valence-electron chi connectivity index (χ1n) is 6.78. The van der Waals surface area contributed by atoms with Crippen LogP contribution < -0.4 is 0 Å². The number of carbonyl (C=O) groups is 2. The van der Waals surface area contributed by atoms with Gasteiger partial charge in [-0.15, -0.1) is 0 Å². The van der Waals surface area contributed by atoms with E-state index in [0.29, 0.717) is 32.1 Å². The Morgan fingerprint density at radius 2 is 1.65 bits per heavy atom. The lowest BCUT2D eigenvalue weighted by Gasteiger charge is -2.03. The molecule has 2 aromatic carbocycles. The van der Waals surface area contributed by atoms with Crippen molar-refractivity contribution in [1.29, 1.82) is 0 Å². The number of aromatic amines is 1. The summed E-state index contributed by atoms with van der Waals surface area (Å²) in [5.74, 6) is -1.30. The fraction of sp³-hybridized carbons (Fsp3) is 0.0588. The van der Waals surface area contributed by atoms with Gasteiger partial charge in [0.05, 0.1) is 12.1 Å². The van der Waals surface area contributed by atoms with Crippen LogP contribution in [0, 0.1) is 0 Å². The molecule has 6 heteroatoms. The summed E-state index contributed by atoms with van der Waals surface area (Å²) in [6, 6.07) is 11.5. The number of benzene rings is 2. The Morgan fingerprint density at radius 3 is 2.30 bits per heavy atom. The van der Waals surface area contributed by atoms with Crippen LogP contribution in [0.2, 0.25) is 10.0 Å². The maximum Gasteiger partial charge on any atom is 0.307 e. The second-order valence-electron chi connectivity index (χ2n) is 5.07. The van der Waals surface area contributed by atoms with Gasteiger partial charge in [0.25, 0.3) is 0 Å². The van der Waals surface area contributed by atoms with Crippen LogP contribution in [0.25, 0.3) is 10.9 Å². The van der Waals surface area contributed by atoms with Crippen molar-refractivity contribution in [2.45, 2.75) is 6.42 Å². The standard InChI is InChI=1S/C17H11Cl2NO3/c18-10-3-1-9(2-4-10)17(23)16-13(8-15(21)22)12-6-5-11(19)7-14(12)20-16/h1-7,20H,8H2,(H,21,22). The van der Waals surface area contributed by atoms with Crippen molar-refractivity contribution in [1.82, 2.24) is 4.98 Å². The second kappa shape index (κ2) is 6.07. The van der Waals surface area contributed by atoms with E-state index in [1.807, 2.05) is 0 Å². The molecule has 0 aliphatic rings. The minimum Gasteiger partial charge on any atom is -0.481 e. The number of carboxylic acid groups (broad SMARTS) is 1. The predicted molar refractivity (Wildman–Crippen MR) is 89.5 cm³/mol. The van der Waals surface area contributed by atoms with E-state index in [4.69, 9.17) is 28.3 Å². The number of aliphatic carboxylic acids is 1. The van der Waals surface area contributed by atoms with E-state index in [9.17, 15) is 9.59 Å². The van der Waals surface area contributed by atoms with Gasteiger partial charge in [-0.2, -0.15) is 0 Å². The van der Waals surface area contributed by atoms with Gasteiger partial charge in [-0.3, -0.25) is 9.59 Å². The van der Waals surface area contributed by atoms with Crippen LogP contribution in [-0.2, 0) is 11.2 Å². The van der Waals surface area contributed by atoms with Crippen LogP contribution in [0.1, 0.15) is 21.6 Å². The number of hydrogen-bond donors (Lipinski definition) is 2. The molecule has 0 bridgehead atoms. The molecule has 0 fully saturated rings. The van der Waals surface area contributed by atoms with Crippen molar-refractivity contribution in [3.63, 3.8) is 0 Å². The number of fused-ring (bicyclic) bond motifs is 1. The molecule has 3 rings (SSSR count). The number of nitrogens with one attached hydrogen (secondary N) is 1. The van der Waals surface area contributed by atoms with Crippen molar-refractivity contribution < 1.29 is 14.7 Å². The summed E-state index contributed by atoms with van der Waals surface area (Å²) < 4.78 is 0. The monoisotopic (exact) mass is 347 g/mol. The molecule has 0 amide bonds. The van der Waals surface area contributed by atoms with Crippen molar-refractivity contribution in [2.24, 2.45) is 0 Å². The van der Waals surface area contributed by atoms with E-state index in [2.05, 4.69) is 4.98 Å². The lowest BCUT2D eigenvalue weighted by molar-refractivity contribution is -0.136. The Labute approximate surface area is 141 Å². The number of rotatable bonds is 4. The number of H-pyrrole nitrogens is 1. The normalized spacial score (nSPS) is 10.9. The first-order chi connectivity index (χ1) is 11.0. The molecule has 116 valence electrons. The Hall–Kier alpha value is -2.30. The molecule has 23 heavy (non-hydrogen) atoms. The van der Waals surface area contributed by atoms with E-state index in [0.717, 1.165) is 0 Å². The Bertz CT molecular complexity index is 913. The van der Waals surface area contributed by atoms with E-state index < -0.39 is 5.97 Å². The van der Waals surface area contributed by atoms with Gasteiger partial charge >= 0.3 is 5.97 Å². The quantitative estimate of drug-likeness (QED) is 0.690. The second-order valence-corrected chi connectivity index (χ2v) is 5.95. The summed E-state index contributed by atoms with van der Waals surface area (Å²) in [4.78, 5) is 26.9. The number of aromatic nitrogens is 1. The molecule has 0 radical (unpaired) electrons. The van der Waals surface area contributed by atoms with E-state index in [-0.39, 0.29) is 17.9 Å². The van der Waals surface area contributed by atoms with Gasteiger partial charge in [-0.25, -0.2) is 0 Å². The first-order valence-corrected chi connectivity index (χ1v) is 7.53. The summed E-state index contributed by atoms with van der Waals surface area (Å²) in [5, 5.41) is 10.8. The Kier molecular flexibility index (Phi) is 4.11. The van der Waals surface area contributed by atoms with Crippen LogP contribution in [0.5, 0.6) is 0 Å². The summed E-state index contributed by atoms with van der Waals surface area (Å²) in [5.41, 5.74) is 1.76. The average molecular weight is 348 g/mol. The van der Waals surface area contributed by atoms with Gasteiger partial charge < -0.3 is 10.1 Å². The fourth-order valence-electron chi connectivity index (χ4n) is 2.50.